The summed E-state index contributed by atoms with van der Waals surface area (Å²) in [6.07, 6.45) is 6.25. The number of nitrogens with zero attached hydrogens (tertiary/aromatic N) is 2. The number of rotatable bonds is 10. The summed E-state index contributed by atoms with van der Waals surface area (Å²) >= 11 is 7.94. The Morgan fingerprint density at radius 2 is 1.66 bits per heavy atom. The van der Waals surface area contributed by atoms with E-state index in [0.29, 0.717) is 33.2 Å². The Hall–Kier alpha value is -3.22. The summed E-state index contributed by atoms with van der Waals surface area (Å²) in [4.78, 5) is 20.7. The van der Waals surface area contributed by atoms with Gasteiger partial charge in [0.1, 0.15) is 0 Å². The molecule has 38 heavy (non-hydrogen) atoms. The van der Waals surface area contributed by atoms with Gasteiger partial charge in [0.2, 0.25) is 0 Å². The molecule has 0 spiro atoms. The largest absolute Gasteiger partial charge is 0.493 e. The zero-order valence-corrected chi connectivity index (χ0v) is 23.9. The summed E-state index contributed by atoms with van der Waals surface area (Å²) in [6, 6.07) is 19.4. The Labute approximate surface area is 234 Å². The molecule has 0 saturated carbocycles. The van der Waals surface area contributed by atoms with Crippen molar-refractivity contribution in [2.45, 2.75) is 46.5 Å². The molecule has 1 saturated heterocycles. The Balaban J connectivity index is 1.65. The molecular weight excluding hydrogens is 516 g/mol. The lowest BCUT2D eigenvalue weighted by Crippen LogP contribution is -2.28. The van der Waals surface area contributed by atoms with Gasteiger partial charge >= 0.3 is 0 Å². The van der Waals surface area contributed by atoms with E-state index in [1.54, 1.807) is 18.1 Å². The molecule has 5 nitrogen and oxygen atoms in total. The molecule has 0 N–H and O–H groups in total. The maximum atomic E-state index is 13.7. The van der Waals surface area contributed by atoms with Crippen LogP contribution >= 0.6 is 23.4 Å². The fourth-order valence-corrected chi connectivity index (χ4v) is 5.29. The van der Waals surface area contributed by atoms with Crippen molar-refractivity contribution in [2.24, 2.45) is 4.99 Å². The summed E-state index contributed by atoms with van der Waals surface area (Å²) in [5, 5.41) is 1.05. The summed E-state index contributed by atoms with van der Waals surface area (Å²) in [7, 11) is 1.59. The van der Waals surface area contributed by atoms with Crippen LogP contribution in [-0.4, -0.2) is 24.8 Å². The number of aryl methyl sites for hydroxylation is 2. The highest BCUT2D eigenvalue weighted by Gasteiger charge is 2.35. The van der Waals surface area contributed by atoms with Gasteiger partial charge in [-0.3, -0.25) is 9.69 Å². The number of halogens is 1. The van der Waals surface area contributed by atoms with Crippen LogP contribution in [0.5, 0.6) is 11.5 Å². The molecule has 3 aromatic rings. The smallest absolute Gasteiger partial charge is 0.271 e. The first-order valence-electron chi connectivity index (χ1n) is 12.9. The van der Waals surface area contributed by atoms with Crippen LogP contribution in [0.15, 0.2) is 70.6 Å². The number of unbranched alkanes of at least 4 members (excludes halogenated alkanes) is 3. The van der Waals surface area contributed by atoms with Gasteiger partial charge < -0.3 is 9.47 Å². The van der Waals surface area contributed by atoms with E-state index >= 15 is 0 Å². The van der Waals surface area contributed by atoms with E-state index in [4.69, 9.17) is 26.1 Å². The van der Waals surface area contributed by atoms with Crippen LogP contribution in [0.25, 0.3) is 6.08 Å². The first-order valence-corrected chi connectivity index (χ1v) is 14.1. The number of hydrogen-bond donors (Lipinski definition) is 0. The molecule has 198 valence electrons. The molecule has 0 aromatic heterocycles. The van der Waals surface area contributed by atoms with Crippen LogP contribution in [0.3, 0.4) is 0 Å². The maximum absolute atomic E-state index is 13.7. The summed E-state index contributed by atoms with van der Waals surface area (Å²) in [6.45, 7) is 6.81. The van der Waals surface area contributed by atoms with Crippen molar-refractivity contribution in [2.75, 3.05) is 18.6 Å². The number of benzene rings is 3. The van der Waals surface area contributed by atoms with Gasteiger partial charge in [0.05, 0.1) is 35.0 Å². The molecule has 0 aliphatic carbocycles. The molecule has 4 rings (SSSR count). The van der Waals surface area contributed by atoms with Gasteiger partial charge in [-0.1, -0.05) is 73.2 Å². The third kappa shape index (κ3) is 6.80. The summed E-state index contributed by atoms with van der Waals surface area (Å²) in [5.41, 5.74) is 4.58. The highest BCUT2D eigenvalue weighted by molar-refractivity contribution is 8.19. The molecule has 0 unspecified atom stereocenters. The Morgan fingerprint density at radius 3 is 2.32 bits per heavy atom. The quantitative estimate of drug-likeness (QED) is 0.188. The van der Waals surface area contributed by atoms with Gasteiger partial charge in [0.25, 0.3) is 5.91 Å². The van der Waals surface area contributed by atoms with E-state index in [9.17, 15) is 4.79 Å². The molecular formula is C31H33ClN2O3S. The lowest BCUT2D eigenvalue weighted by molar-refractivity contribution is -0.113. The fraction of sp³-hybridized carbons (Fsp3) is 0.290. The van der Waals surface area contributed by atoms with Gasteiger partial charge in [0, 0.05) is 0 Å². The molecule has 1 amide bonds. The minimum atomic E-state index is -0.143. The average Bonchev–Trinajstić information content (AvgIpc) is 3.20. The van der Waals surface area contributed by atoms with Crippen LogP contribution in [0, 0.1) is 13.8 Å². The number of thioether (sulfide) groups is 1. The first kappa shape index (κ1) is 27.8. The standard InChI is InChI=1S/C31H33ClN2O3S/c1-5-6-7-8-17-37-29-26(32)18-23(19-27(29)36-4)20-28-30(35)34(25-15-11-22(3)12-16-25)31(38-28)33-24-13-9-21(2)10-14-24/h9-16,18-20H,5-8,17H2,1-4H3/b28-20+,33-31?. The monoisotopic (exact) mass is 548 g/mol. The van der Waals surface area contributed by atoms with E-state index in [2.05, 4.69) is 6.92 Å². The molecule has 0 radical (unpaired) electrons. The highest BCUT2D eigenvalue weighted by Crippen LogP contribution is 2.40. The number of ether oxygens (including phenoxy) is 2. The van der Waals surface area contributed by atoms with Crippen LogP contribution in [-0.2, 0) is 4.79 Å². The van der Waals surface area contributed by atoms with Gasteiger partial charge in [-0.25, -0.2) is 4.99 Å². The number of amides is 1. The van der Waals surface area contributed by atoms with E-state index in [1.165, 1.54) is 24.6 Å². The SMILES string of the molecule is CCCCCCOc1c(Cl)cc(/C=C2/SC(=Nc3ccc(C)cc3)N(c3ccc(C)cc3)C2=O)cc1OC. The van der Waals surface area contributed by atoms with Crippen molar-refractivity contribution < 1.29 is 14.3 Å². The van der Waals surface area contributed by atoms with E-state index in [0.717, 1.165) is 40.9 Å². The normalized spacial score (nSPS) is 15.5. The number of anilines is 1. The van der Waals surface area contributed by atoms with Gasteiger partial charge in [-0.05, 0) is 80.1 Å². The predicted molar refractivity (Wildman–Crippen MR) is 160 cm³/mol. The van der Waals surface area contributed by atoms with Crippen molar-refractivity contribution >= 4 is 51.9 Å². The third-order valence-corrected chi connectivity index (χ3v) is 7.40. The van der Waals surface area contributed by atoms with Gasteiger partial charge in [-0.15, -0.1) is 0 Å². The minimum absolute atomic E-state index is 0.143. The van der Waals surface area contributed by atoms with Crippen LogP contribution in [0.4, 0.5) is 11.4 Å². The van der Waals surface area contributed by atoms with Crippen molar-refractivity contribution in [3.05, 3.63) is 87.3 Å². The number of aliphatic imine (C=N–C) groups is 1. The zero-order chi connectivity index (χ0) is 27.1. The lowest BCUT2D eigenvalue weighted by atomic mass is 10.1. The first-order chi connectivity index (χ1) is 18.4. The molecule has 1 fully saturated rings. The molecule has 1 aliphatic heterocycles. The van der Waals surface area contributed by atoms with Crippen molar-refractivity contribution in [3.8, 4) is 11.5 Å². The number of carbonyl (C=O) groups is 1. The number of methoxy groups -OCH3 is 1. The molecule has 7 heteroatoms. The van der Waals surface area contributed by atoms with Gasteiger partial charge in [-0.2, -0.15) is 0 Å². The fourth-order valence-electron chi connectivity index (χ4n) is 4.02. The van der Waals surface area contributed by atoms with Crippen molar-refractivity contribution in [3.63, 3.8) is 0 Å². The highest BCUT2D eigenvalue weighted by atomic mass is 35.5. The summed E-state index contributed by atoms with van der Waals surface area (Å²) < 4.78 is 11.5. The predicted octanol–water partition coefficient (Wildman–Crippen LogP) is 8.73. The Kier molecular flexibility index (Phi) is 9.53. The van der Waals surface area contributed by atoms with E-state index < -0.39 is 0 Å². The second-order valence-electron chi connectivity index (χ2n) is 9.26. The van der Waals surface area contributed by atoms with E-state index in [-0.39, 0.29) is 5.91 Å². The molecule has 1 aliphatic rings. The number of hydrogen-bond acceptors (Lipinski definition) is 5. The maximum Gasteiger partial charge on any atom is 0.271 e. The Morgan fingerprint density at radius 1 is 0.974 bits per heavy atom. The lowest BCUT2D eigenvalue weighted by Gasteiger charge is -2.16. The minimum Gasteiger partial charge on any atom is -0.493 e. The zero-order valence-electron chi connectivity index (χ0n) is 22.3. The second kappa shape index (κ2) is 13.0. The summed E-state index contributed by atoms with van der Waals surface area (Å²) in [5.74, 6) is 0.927. The molecule has 1 heterocycles. The molecule has 3 aromatic carbocycles. The van der Waals surface area contributed by atoms with Gasteiger partial charge in [0.15, 0.2) is 16.7 Å². The topological polar surface area (TPSA) is 51.1 Å². The third-order valence-electron chi connectivity index (χ3n) is 6.15. The second-order valence-corrected chi connectivity index (χ2v) is 10.7. The Bertz CT molecular complexity index is 1330. The number of amidine groups is 1. The number of carbonyl (C=O) groups excluding carboxylic acids is 1. The van der Waals surface area contributed by atoms with E-state index in [1.807, 2.05) is 74.5 Å². The van der Waals surface area contributed by atoms with Crippen LogP contribution in [0.2, 0.25) is 5.02 Å². The van der Waals surface area contributed by atoms with Crippen LogP contribution in [0.1, 0.15) is 49.3 Å². The average molecular weight is 549 g/mol. The van der Waals surface area contributed by atoms with Crippen molar-refractivity contribution in [1.29, 1.82) is 0 Å². The molecule has 0 bridgehead atoms. The van der Waals surface area contributed by atoms with Crippen molar-refractivity contribution in [1.82, 2.24) is 0 Å². The van der Waals surface area contributed by atoms with Crippen LogP contribution < -0.4 is 14.4 Å². The molecule has 0 atom stereocenters.